The second-order valence-corrected chi connectivity index (χ2v) is 6.64. The van der Waals surface area contributed by atoms with E-state index in [0.717, 1.165) is 36.8 Å². The largest absolute Gasteiger partial charge is 0.353 e. The van der Waals surface area contributed by atoms with Crippen LogP contribution in [-0.4, -0.2) is 27.5 Å². The lowest BCUT2D eigenvalue weighted by Gasteiger charge is -2.26. The van der Waals surface area contributed by atoms with Crippen LogP contribution in [0.5, 0.6) is 0 Å². The van der Waals surface area contributed by atoms with E-state index in [1.807, 2.05) is 19.1 Å². The summed E-state index contributed by atoms with van der Waals surface area (Å²) >= 11 is 0. The van der Waals surface area contributed by atoms with Gasteiger partial charge in [-0.2, -0.15) is 0 Å². The molecule has 0 atom stereocenters. The van der Waals surface area contributed by atoms with Gasteiger partial charge in [0, 0.05) is 25.0 Å². The molecule has 6 nitrogen and oxygen atoms in total. The van der Waals surface area contributed by atoms with E-state index < -0.39 is 0 Å². The number of aryl methyl sites for hydroxylation is 2. The molecule has 0 aliphatic heterocycles. The monoisotopic (exact) mass is 328 g/mol. The number of nitrogens with zero attached hydrogens (tertiary/aromatic N) is 2. The van der Waals surface area contributed by atoms with E-state index in [-0.39, 0.29) is 30.0 Å². The quantitative estimate of drug-likeness (QED) is 0.889. The zero-order chi connectivity index (χ0) is 17.1. The van der Waals surface area contributed by atoms with E-state index in [1.165, 1.54) is 10.9 Å². The highest BCUT2D eigenvalue weighted by Gasteiger charge is 2.19. The van der Waals surface area contributed by atoms with Gasteiger partial charge in [-0.15, -0.1) is 0 Å². The minimum Gasteiger partial charge on any atom is -0.353 e. The smallest absolute Gasteiger partial charge is 0.261 e. The Morgan fingerprint density at radius 1 is 1.33 bits per heavy atom. The topological polar surface area (TPSA) is 90.0 Å². The fourth-order valence-electron chi connectivity index (χ4n) is 3.28. The van der Waals surface area contributed by atoms with Gasteiger partial charge in [0.2, 0.25) is 5.91 Å². The fourth-order valence-corrected chi connectivity index (χ4v) is 3.28. The third kappa shape index (κ3) is 3.64. The predicted octanol–water partition coefficient (Wildman–Crippen LogP) is 1.48. The summed E-state index contributed by atoms with van der Waals surface area (Å²) in [6.45, 7) is 2.27. The Balaban J connectivity index is 1.62. The molecule has 24 heavy (non-hydrogen) atoms. The number of carbonyl (C=O) groups is 1. The van der Waals surface area contributed by atoms with Crippen LogP contribution >= 0.6 is 0 Å². The van der Waals surface area contributed by atoms with Crippen molar-refractivity contribution in [2.24, 2.45) is 5.73 Å². The van der Waals surface area contributed by atoms with Gasteiger partial charge in [0.1, 0.15) is 0 Å². The lowest BCUT2D eigenvalue weighted by atomic mass is 9.92. The summed E-state index contributed by atoms with van der Waals surface area (Å²) in [7, 11) is 0. The number of fused-ring (bicyclic) bond motifs is 1. The molecule has 1 aromatic carbocycles. The van der Waals surface area contributed by atoms with Gasteiger partial charge in [-0.25, -0.2) is 4.98 Å². The first-order valence-electron chi connectivity index (χ1n) is 8.54. The van der Waals surface area contributed by atoms with Crippen LogP contribution < -0.4 is 16.6 Å². The molecule has 1 amide bonds. The van der Waals surface area contributed by atoms with Crippen molar-refractivity contribution in [3.8, 4) is 0 Å². The van der Waals surface area contributed by atoms with Crippen molar-refractivity contribution < 1.29 is 4.79 Å². The van der Waals surface area contributed by atoms with Crippen molar-refractivity contribution in [1.29, 1.82) is 0 Å². The molecule has 1 aromatic heterocycles. The van der Waals surface area contributed by atoms with Crippen molar-refractivity contribution in [3.05, 3.63) is 40.4 Å². The van der Waals surface area contributed by atoms with Crippen molar-refractivity contribution in [1.82, 2.24) is 14.9 Å². The molecule has 2 aromatic rings. The number of carbonyl (C=O) groups excluding carboxylic acids is 1. The highest BCUT2D eigenvalue weighted by Crippen LogP contribution is 2.17. The number of rotatable bonds is 4. The number of nitrogens with two attached hydrogens (primary N) is 1. The molecule has 0 radical (unpaired) electrons. The van der Waals surface area contributed by atoms with Crippen LogP contribution in [0.15, 0.2) is 29.3 Å². The maximum absolute atomic E-state index is 12.5. The molecule has 0 spiro atoms. The SMILES string of the molecule is Cc1cccc2c(=O)n(CCC(=O)NC3CCC(N)CC3)cnc12. The Morgan fingerprint density at radius 2 is 2.08 bits per heavy atom. The summed E-state index contributed by atoms with van der Waals surface area (Å²) in [6.07, 6.45) is 5.59. The zero-order valence-electron chi connectivity index (χ0n) is 14.0. The van der Waals surface area contributed by atoms with Crippen LogP contribution in [0.4, 0.5) is 0 Å². The highest BCUT2D eigenvalue weighted by molar-refractivity contribution is 5.80. The second-order valence-electron chi connectivity index (χ2n) is 6.64. The summed E-state index contributed by atoms with van der Waals surface area (Å²) in [6, 6.07) is 6.04. The van der Waals surface area contributed by atoms with Gasteiger partial charge in [-0.3, -0.25) is 14.2 Å². The Kier molecular flexibility index (Phi) is 4.94. The van der Waals surface area contributed by atoms with Crippen molar-refractivity contribution >= 4 is 16.8 Å². The van der Waals surface area contributed by atoms with Gasteiger partial charge in [-0.05, 0) is 44.2 Å². The summed E-state index contributed by atoms with van der Waals surface area (Å²) in [4.78, 5) is 29.0. The van der Waals surface area contributed by atoms with Gasteiger partial charge in [-0.1, -0.05) is 12.1 Å². The van der Waals surface area contributed by atoms with Crippen molar-refractivity contribution in [3.63, 3.8) is 0 Å². The Bertz CT molecular complexity index is 791. The first kappa shape index (κ1) is 16.6. The van der Waals surface area contributed by atoms with Crippen LogP contribution in [0.1, 0.15) is 37.7 Å². The average Bonchev–Trinajstić information content (AvgIpc) is 2.57. The Labute approximate surface area is 141 Å². The molecule has 128 valence electrons. The molecule has 0 bridgehead atoms. The first-order valence-corrected chi connectivity index (χ1v) is 8.54. The molecule has 1 aliphatic carbocycles. The zero-order valence-corrected chi connectivity index (χ0v) is 14.0. The summed E-state index contributed by atoms with van der Waals surface area (Å²) in [5, 5.41) is 3.64. The van der Waals surface area contributed by atoms with E-state index in [1.54, 1.807) is 6.07 Å². The van der Waals surface area contributed by atoms with E-state index in [0.29, 0.717) is 11.9 Å². The summed E-state index contributed by atoms with van der Waals surface area (Å²) < 4.78 is 1.51. The van der Waals surface area contributed by atoms with Crippen LogP contribution in [0, 0.1) is 6.92 Å². The van der Waals surface area contributed by atoms with Crippen LogP contribution in [0.3, 0.4) is 0 Å². The average molecular weight is 328 g/mol. The second kappa shape index (κ2) is 7.13. The first-order chi connectivity index (χ1) is 11.5. The molecule has 6 heteroatoms. The van der Waals surface area contributed by atoms with Gasteiger partial charge in [0.25, 0.3) is 5.56 Å². The third-order valence-electron chi connectivity index (χ3n) is 4.77. The van der Waals surface area contributed by atoms with Gasteiger partial charge in [0.05, 0.1) is 17.2 Å². The number of benzene rings is 1. The Morgan fingerprint density at radius 3 is 2.83 bits per heavy atom. The molecule has 1 heterocycles. The molecule has 1 saturated carbocycles. The maximum Gasteiger partial charge on any atom is 0.261 e. The summed E-state index contributed by atoms with van der Waals surface area (Å²) in [5.74, 6) is -0.0216. The number of amides is 1. The standard InChI is InChI=1S/C18H24N4O2/c1-12-3-2-4-15-17(12)20-11-22(18(15)24)10-9-16(23)21-14-7-5-13(19)6-8-14/h2-4,11,13-14H,5-10,19H2,1H3,(H,21,23). The number of nitrogens with one attached hydrogen (secondary N) is 1. The lowest BCUT2D eigenvalue weighted by molar-refractivity contribution is -0.122. The lowest BCUT2D eigenvalue weighted by Crippen LogP contribution is -2.40. The fraction of sp³-hybridized carbons (Fsp3) is 0.500. The van der Waals surface area contributed by atoms with Crippen LogP contribution in [0.2, 0.25) is 0 Å². The van der Waals surface area contributed by atoms with E-state index in [4.69, 9.17) is 5.73 Å². The number of hydrogen-bond donors (Lipinski definition) is 2. The molecule has 1 fully saturated rings. The molecule has 0 unspecified atom stereocenters. The normalized spacial score (nSPS) is 20.9. The predicted molar refractivity (Wildman–Crippen MR) is 93.7 cm³/mol. The molecular weight excluding hydrogens is 304 g/mol. The minimum atomic E-state index is -0.0971. The molecule has 0 saturated heterocycles. The van der Waals surface area contributed by atoms with E-state index in [9.17, 15) is 9.59 Å². The van der Waals surface area contributed by atoms with Gasteiger partial charge >= 0.3 is 0 Å². The van der Waals surface area contributed by atoms with Crippen molar-refractivity contribution in [2.75, 3.05) is 0 Å². The van der Waals surface area contributed by atoms with Gasteiger partial charge < -0.3 is 11.1 Å². The van der Waals surface area contributed by atoms with Crippen LogP contribution in [-0.2, 0) is 11.3 Å². The summed E-state index contributed by atoms with van der Waals surface area (Å²) in [5.41, 5.74) is 7.48. The molecule has 1 aliphatic rings. The molecular formula is C18H24N4O2. The van der Waals surface area contributed by atoms with Crippen LogP contribution in [0.25, 0.3) is 10.9 Å². The minimum absolute atomic E-state index is 0.0216. The van der Waals surface area contributed by atoms with E-state index >= 15 is 0 Å². The maximum atomic E-state index is 12.5. The number of hydrogen-bond acceptors (Lipinski definition) is 4. The number of para-hydroxylation sites is 1. The molecule has 3 rings (SSSR count). The number of aromatic nitrogens is 2. The van der Waals surface area contributed by atoms with E-state index in [2.05, 4.69) is 10.3 Å². The third-order valence-corrected chi connectivity index (χ3v) is 4.77. The highest BCUT2D eigenvalue weighted by atomic mass is 16.2. The Hall–Kier alpha value is -2.21. The van der Waals surface area contributed by atoms with Gasteiger partial charge in [0.15, 0.2) is 0 Å². The molecule has 3 N–H and O–H groups in total. The van der Waals surface area contributed by atoms with Crippen molar-refractivity contribution in [2.45, 2.75) is 57.7 Å².